The maximum Gasteiger partial charge on any atom is 0.412 e. The first kappa shape index (κ1) is 15.5. The smallest absolute Gasteiger partial charge is 0.412 e. The standard InChI is InChI=1S/C14H22N2O3/c1-9-5-6-10(11(15)8-17)7-12(9)16-13(18)19-14(2,3)4/h5-7,11,17H,8,15H2,1-4H3,(H,16,18)/t11-/m0/s1. The molecule has 0 saturated heterocycles. The average molecular weight is 266 g/mol. The Morgan fingerprint density at radius 1 is 1.47 bits per heavy atom. The Hall–Kier alpha value is -1.59. The largest absolute Gasteiger partial charge is 0.444 e. The zero-order valence-electron chi connectivity index (χ0n) is 11.9. The van der Waals surface area contributed by atoms with Crippen molar-refractivity contribution < 1.29 is 14.6 Å². The van der Waals surface area contributed by atoms with Crippen LogP contribution in [0.5, 0.6) is 0 Å². The fourth-order valence-electron chi connectivity index (χ4n) is 1.52. The number of hydrogen-bond donors (Lipinski definition) is 3. The predicted molar refractivity (Wildman–Crippen MR) is 75.0 cm³/mol. The SMILES string of the molecule is Cc1ccc([C@@H](N)CO)cc1NC(=O)OC(C)(C)C. The number of anilines is 1. The number of aliphatic hydroxyl groups excluding tert-OH is 1. The Bertz CT molecular complexity index is 452. The second-order valence-corrected chi connectivity index (χ2v) is 5.49. The molecule has 5 nitrogen and oxygen atoms in total. The molecular formula is C14H22N2O3. The lowest BCUT2D eigenvalue weighted by Gasteiger charge is -2.20. The molecule has 0 heterocycles. The number of carbonyl (C=O) groups excluding carboxylic acids is 1. The molecule has 1 atom stereocenters. The van der Waals surface area contributed by atoms with E-state index < -0.39 is 17.7 Å². The van der Waals surface area contributed by atoms with Crippen LogP contribution in [-0.4, -0.2) is 23.4 Å². The first-order valence-corrected chi connectivity index (χ1v) is 6.20. The lowest BCUT2D eigenvalue weighted by molar-refractivity contribution is 0.0636. The third kappa shape index (κ3) is 4.89. The van der Waals surface area contributed by atoms with Crippen molar-refractivity contribution in [2.24, 2.45) is 5.73 Å². The van der Waals surface area contributed by atoms with E-state index in [1.165, 1.54) is 0 Å². The summed E-state index contributed by atoms with van der Waals surface area (Å²) in [5, 5.41) is 11.7. The van der Waals surface area contributed by atoms with Crippen molar-refractivity contribution in [1.29, 1.82) is 0 Å². The van der Waals surface area contributed by atoms with Gasteiger partial charge >= 0.3 is 6.09 Å². The molecule has 0 aliphatic heterocycles. The van der Waals surface area contributed by atoms with E-state index in [2.05, 4.69) is 5.32 Å². The number of aryl methyl sites for hydroxylation is 1. The molecule has 5 heteroatoms. The molecule has 0 aromatic heterocycles. The fraction of sp³-hybridized carbons (Fsp3) is 0.500. The number of aliphatic hydroxyl groups is 1. The second kappa shape index (κ2) is 6.04. The van der Waals surface area contributed by atoms with Gasteiger partial charge in [0.15, 0.2) is 0 Å². The van der Waals surface area contributed by atoms with Crippen molar-refractivity contribution >= 4 is 11.8 Å². The van der Waals surface area contributed by atoms with Crippen LogP contribution in [0.1, 0.15) is 37.9 Å². The Labute approximate surface area is 113 Å². The molecule has 106 valence electrons. The van der Waals surface area contributed by atoms with Crippen LogP contribution in [0.4, 0.5) is 10.5 Å². The molecule has 1 aromatic carbocycles. The summed E-state index contributed by atoms with van der Waals surface area (Å²) in [5.74, 6) is 0. The zero-order valence-corrected chi connectivity index (χ0v) is 11.9. The van der Waals surface area contributed by atoms with Crippen LogP contribution >= 0.6 is 0 Å². The molecule has 0 unspecified atom stereocenters. The molecule has 0 fully saturated rings. The Kier molecular flexibility index (Phi) is 4.91. The van der Waals surface area contributed by atoms with Gasteiger partial charge in [-0.15, -0.1) is 0 Å². The third-order valence-electron chi connectivity index (χ3n) is 2.52. The van der Waals surface area contributed by atoms with E-state index in [0.29, 0.717) is 5.69 Å². The summed E-state index contributed by atoms with van der Waals surface area (Å²) in [5.41, 5.74) is 7.51. The van der Waals surface area contributed by atoms with Gasteiger partial charge in [0.2, 0.25) is 0 Å². The van der Waals surface area contributed by atoms with Crippen molar-refractivity contribution in [1.82, 2.24) is 0 Å². The Morgan fingerprint density at radius 2 is 2.11 bits per heavy atom. The van der Waals surface area contributed by atoms with Gasteiger partial charge in [0.25, 0.3) is 0 Å². The van der Waals surface area contributed by atoms with Gasteiger partial charge in [-0.1, -0.05) is 12.1 Å². The van der Waals surface area contributed by atoms with E-state index in [0.717, 1.165) is 11.1 Å². The molecule has 4 N–H and O–H groups in total. The van der Waals surface area contributed by atoms with E-state index in [9.17, 15) is 4.79 Å². The van der Waals surface area contributed by atoms with Gasteiger partial charge in [0, 0.05) is 5.69 Å². The minimum atomic E-state index is -0.545. The molecule has 19 heavy (non-hydrogen) atoms. The molecule has 0 aliphatic carbocycles. The van der Waals surface area contributed by atoms with Crippen LogP contribution in [0.25, 0.3) is 0 Å². The van der Waals surface area contributed by atoms with Gasteiger partial charge in [-0.25, -0.2) is 4.79 Å². The van der Waals surface area contributed by atoms with E-state index in [-0.39, 0.29) is 6.61 Å². The highest BCUT2D eigenvalue weighted by atomic mass is 16.6. The highest BCUT2D eigenvalue weighted by Crippen LogP contribution is 2.21. The summed E-state index contributed by atoms with van der Waals surface area (Å²) in [6, 6.07) is 4.97. The monoisotopic (exact) mass is 266 g/mol. The molecule has 0 spiro atoms. The minimum Gasteiger partial charge on any atom is -0.444 e. The molecule has 1 aromatic rings. The molecule has 0 aliphatic rings. The van der Waals surface area contributed by atoms with Crippen molar-refractivity contribution in [2.75, 3.05) is 11.9 Å². The van der Waals surface area contributed by atoms with E-state index in [4.69, 9.17) is 15.6 Å². The van der Waals surface area contributed by atoms with Crippen molar-refractivity contribution in [3.63, 3.8) is 0 Å². The van der Waals surface area contributed by atoms with Crippen LogP contribution in [0, 0.1) is 6.92 Å². The highest BCUT2D eigenvalue weighted by Gasteiger charge is 2.17. The number of ether oxygens (including phenoxy) is 1. The number of hydrogen-bond acceptors (Lipinski definition) is 4. The summed E-state index contributed by atoms with van der Waals surface area (Å²) < 4.78 is 5.19. The molecule has 1 rings (SSSR count). The van der Waals surface area contributed by atoms with Crippen LogP contribution in [0.2, 0.25) is 0 Å². The van der Waals surface area contributed by atoms with E-state index >= 15 is 0 Å². The van der Waals surface area contributed by atoms with E-state index in [1.54, 1.807) is 26.8 Å². The average Bonchev–Trinajstić information content (AvgIpc) is 2.28. The summed E-state index contributed by atoms with van der Waals surface area (Å²) in [6.07, 6.45) is -0.509. The molecule has 0 bridgehead atoms. The zero-order chi connectivity index (χ0) is 14.6. The predicted octanol–water partition coefficient (Wildman–Crippen LogP) is 2.33. The maximum absolute atomic E-state index is 11.7. The lowest BCUT2D eigenvalue weighted by atomic mass is 10.0. The summed E-state index contributed by atoms with van der Waals surface area (Å²) in [7, 11) is 0. The number of rotatable bonds is 3. The Balaban J connectivity index is 2.85. The fourth-order valence-corrected chi connectivity index (χ4v) is 1.52. The lowest BCUT2D eigenvalue weighted by Crippen LogP contribution is -2.27. The van der Waals surface area contributed by atoms with Crippen LogP contribution in [0.3, 0.4) is 0 Å². The van der Waals surface area contributed by atoms with Gasteiger partial charge in [-0.3, -0.25) is 5.32 Å². The van der Waals surface area contributed by atoms with Gasteiger partial charge in [0.05, 0.1) is 12.6 Å². The van der Waals surface area contributed by atoms with Crippen molar-refractivity contribution in [3.05, 3.63) is 29.3 Å². The van der Waals surface area contributed by atoms with Crippen LogP contribution in [-0.2, 0) is 4.74 Å². The van der Waals surface area contributed by atoms with Gasteiger partial charge in [0.1, 0.15) is 5.60 Å². The van der Waals surface area contributed by atoms with Crippen LogP contribution < -0.4 is 11.1 Å². The summed E-state index contributed by atoms with van der Waals surface area (Å²) in [6.45, 7) is 7.14. The van der Waals surface area contributed by atoms with Crippen LogP contribution in [0.15, 0.2) is 18.2 Å². The second-order valence-electron chi connectivity index (χ2n) is 5.49. The first-order valence-electron chi connectivity index (χ1n) is 6.20. The summed E-state index contributed by atoms with van der Waals surface area (Å²) >= 11 is 0. The highest BCUT2D eigenvalue weighted by molar-refractivity contribution is 5.86. The van der Waals surface area contributed by atoms with Crippen molar-refractivity contribution in [2.45, 2.75) is 39.3 Å². The third-order valence-corrected chi connectivity index (χ3v) is 2.52. The number of nitrogens with one attached hydrogen (secondary N) is 1. The topological polar surface area (TPSA) is 84.6 Å². The number of nitrogens with two attached hydrogens (primary N) is 1. The first-order chi connectivity index (χ1) is 8.73. The molecule has 0 radical (unpaired) electrons. The van der Waals surface area contributed by atoms with Crippen molar-refractivity contribution in [3.8, 4) is 0 Å². The number of benzene rings is 1. The normalized spacial score (nSPS) is 12.9. The number of carbonyl (C=O) groups is 1. The Morgan fingerprint density at radius 3 is 2.63 bits per heavy atom. The van der Waals surface area contributed by atoms with Gasteiger partial charge in [-0.05, 0) is 44.9 Å². The molecule has 0 saturated carbocycles. The quantitative estimate of drug-likeness (QED) is 0.784. The van der Waals surface area contributed by atoms with E-state index in [1.807, 2.05) is 19.1 Å². The van der Waals surface area contributed by atoms with Gasteiger partial charge in [-0.2, -0.15) is 0 Å². The number of amides is 1. The summed E-state index contributed by atoms with van der Waals surface area (Å²) in [4.78, 5) is 11.7. The minimum absolute atomic E-state index is 0.144. The maximum atomic E-state index is 11.7. The van der Waals surface area contributed by atoms with Gasteiger partial charge < -0.3 is 15.6 Å². The molecular weight excluding hydrogens is 244 g/mol. The molecule has 1 amide bonds.